The highest BCUT2D eigenvalue weighted by atomic mass is 16.4. The fraction of sp³-hybridized carbons (Fsp3) is 0.385. The summed E-state index contributed by atoms with van der Waals surface area (Å²) in [6, 6.07) is 6.86. The maximum Gasteiger partial charge on any atom is 0.328 e. The van der Waals surface area contributed by atoms with Gasteiger partial charge in [0.1, 0.15) is 6.04 Å². The molecule has 2 rings (SSSR count). The van der Waals surface area contributed by atoms with E-state index < -0.39 is 18.1 Å². The fourth-order valence-corrected chi connectivity index (χ4v) is 2.28. The molecule has 6 heteroatoms. The minimum Gasteiger partial charge on any atom is -0.480 e. The third-order valence-corrected chi connectivity index (χ3v) is 3.21. The number of carboxylic acid groups (broad SMARTS) is 1. The van der Waals surface area contributed by atoms with Gasteiger partial charge in [-0.25, -0.2) is 4.79 Å². The van der Waals surface area contributed by atoms with E-state index in [-0.39, 0.29) is 12.5 Å². The Balaban J connectivity index is 2.26. The smallest absolute Gasteiger partial charge is 0.328 e. The number of amides is 1. The van der Waals surface area contributed by atoms with Crippen LogP contribution in [0.3, 0.4) is 0 Å². The van der Waals surface area contributed by atoms with Crippen molar-refractivity contribution in [2.24, 2.45) is 0 Å². The van der Waals surface area contributed by atoms with E-state index in [9.17, 15) is 19.8 Å². The van der Waals surface area contributed by atoms with Crippen LogP contribution in [0.15, 0.2) is 30.3 Å². The minimum absolute atomic E-state index is 0.307. The Kier molecular flexibility index (Phi) is 4.13. The molecule has 1 fully saturated rings. The Morgan fingerprint density at radius 1 is 1.32 bits per heavy atom. The van der Waals surface area contributed by atoms with E-state index in [4.69, 9.17) is 0 Å². The lowest BCUT2D eigenvalue weighted by molar-refractivity contribution is -0.145. The van der Waals surface area contributed by atoms with Gasteiger partial charge in [-0.1, -0.05) is 18.2 Å². The summed E-state index contributed by atoms with van der Waals surface area (Å²) in [6.07, 6.45) is 0. The first-order chi connectivity index (χ1) is 9.15. The van der Waals surface area contributed by atoms with Crippen LogP contribution in [0.5, 0.6) is 0 Å². The second-order valence-corrected chi connectivity index (χ2v) is 4.39. The summed E-state index contributed by atoms with van der Waals surface area (Å²) in [4.78, 5) is 25.0. The second-order valence-electron chi connectivity index (χ2n) is 4.39. The summed E-state index contributed by atoms with van der Waals surface area (Å²) in [5.41, 5.74) is 0.451. The van der Waals surface area contributed by atoms with Crippen LogP contribution >= 0.6 is 0 Å². The second kappa shape index (κ2) is 5.81. The van der Waals surface area contributed by atoms with E-state index in [1.165, 1.54) is 4.90 Å². The summed E-state index contributed by atoms with van der Waals surface area (Å²) in [6.45, 7) is 0.449. The number of aliphatic hydroxyl groups excluding tert-OH is 1. The van der Waals surface area contributed by atoms with E-state index >= 15 is 0 Å². The Morgan fingerprint density at radius 3 is 2.58 bits per heavy atom. The van der Waals surface area contributed by atoms with Gasteiger partial charge < -0.3 is 20.4 Å². The van der Waals surface area contributed by atoms with Crippen molar-refractivity contribution in [3.8, 4) is 0 Å². The number of nitrogens with zero attached hydrogens (tertiary/aromatic N) is 1. The molecule has 0 spiro atoms. The van der Waals surface area contributed by atoms with Crippen molar-refractivity contribution in [1.82, 2.24) is 10.2 Å². The fourth-order valence-electron chi connectivity index (χ4n) is 2.28. The van der Waals surface area contributed by atoms with E-state index in [1.54, 1.807) is 30.3 Å². The molecule has 3 N–H and O–H groups in total. The monoisotopic (exact) mass is 264 g/mol. The summed E-state index contributed by atoms with van der Waals surface area (Å²) >= 11 is 0. The van der Waals surface area contributed by atoms with Gasteiger partial charge in [-0.2, -0.15) is 0 Å². The van der Waals surface area contributed by atoms with Gasteiger partial charge in [0.05, 0.1) is 12.6 Å². The average molecular weight is 264 g/mol. The molecule has 1 aliphatic rings. The molecule has 19 heavy (non-hydrogen) atoms. The number of carbonyl (C=O) groups excluding carboxylic acids is 1. The van der Waals surface area contributed by atoms with Gasteiger partial charge in [-0.15, -0.1) is 0 Å². The highest BCUT2D eigenvalue weighted by molar-refractivity contribution is 5.97. The van der Waals surface area contributed by atoms with Crippen LogP contribution in [0, 0.1) is 0 Å². The number of piperazine rings is 1. The van der Waals surface area contributed by atoms with Gasteiger partial charge in [0.2, 0.25) is 0 Å². The van der Waals surface area contributed by atoms with Crippen LogP contribution in [0.25, 0.3) is 0 Å². The predicted molar refractivity (Wildman–Crippen MR) is 67.8 cm³/mol. The molecule has 0 aromatic heterocycles. The standard InChI is InChI=1S/C13H16N2O4/c16-8-10-11(13(18)19)15(7-6-14-10)12(17)9-4-2-1-3-5-9/h1-5,10-11,14,16H,6-8H2,(H,18,19). The van der Waals surface area contributed by atoms with Gasteiger partial charge in [-0.3, -0.25) is 4.79 Å². The topological polar surface area (TPSA) is 89.9 Å². The molecular weight excluding hydrogens is 248 g/mol. The van der Waals surface area contributed by atoms with Crippen LogP contribution in [0.1, 0.15) is 10.4 Å². The molecule has 1 aromatic carbocycles. The number of hydrogen-bond acceptors (Lipinski definition) is 4. The van der Waals surface area contributed by atoms with E-state index in [0.717, 1.165) is 0 Å². The number of aliphatic hydroxyl groups is 1. The number of rotatable bonds is 3. The third-order valence-electron chi connectivity index (χ3n) is 3.21. The summed E-state index contributed by atoms with van der Waals surface area (Å²) in [7, 11) is 0. The number of carboxylic acids is 1. The lowest BCUT2D eigenvalue weighted by Crippen LogP contribution is -2.63. The Morgan fingerprint density at radius 2 is 2.00 bits per heavy atom. The lowest BCUT2D eigenvalue weighted by atomic mass is 10.0. The average Bonchev–Trinajstić information content (AvgIpc) is 2.46. The van der Waals surface area contributed by atoms with Gasteiger partial charge in [0.25, 0.3) is 5.91 Å². The molecule has 2 atom stereocenters. The molecule has 102 valence electrons. The van der Waals surface area contributed by atoms with Crippen molar-refractivity contribution in [1.29, 1.82) is 0 Å². The molecule has 1 aromatic rings. The SMILES string of the molecule is O=C(O)C1C(CO)NCCN1C(=O)c1ccccc1. The van der Waals surface area contributed by atoms with E-state index in [0.29, 0.717) is 18.7 Å². The van der Waals surface area contributed by atoms with Gasteiger partial charge in [0.15, 0.2) is 0 Å². The molecule has 2 unspecified atom stereocenters. The summed E-state index contributed by atoms with van der Waals surface area (Å²) < 4.78 is 0. The molecule has 0 saturated carbocycles. The molecule has 0 aliphatic carbocycles. The Labute approximate surface area is 110 Å². The first kappa shape index (κ1) is 13.5. The molecule has 1 amide bonds. The summed E-state index contributed by atoms with van der Waals surface area (Å²) in [5, 5.41) is 21.4. The normalized spacial score (nSPS) is 23.1. The maximum absolute atomic E-state index is 12.3. The first-order valence-corrected chi connectivity index (χ1v) is 6.08. The number of hydrogen-bond donors (Lipinski definition) is 3. The molecule has 6 nitrogen and oxygen atoms in total. The van der Waals surface area contributed by atoms with E-state index in [1.807, 2.05) is 0 Å². The van der Waals surface area contributed by atoms with Crippen LogP contribution in [0.2, 0.25) is 0 Å². The van der Waals surface area contributed by atoms with E-state index in [2.05, 4.69) is 5.32 Å². The number of benzene rings is 1. The Hall–Kier alpha value is -1.92. The molecule has 0 radical (unpaired) electrons. The zero-order valence-corrected chi connectivity index (χ0v) is 10.3. The number of carbonyl (C=O) groups is 2. The molecule has 1 aliphatic heterocycles. The third kappa shape index (κ3) is 2.74. The summed E-state index contributed by atoms with van der Waals surface area (Å²) in [5.74, 6) is -1.44. The van der Waals surface area contributed by atoms with Crippen molar-refractivity contribution in [2.75, 3.05) is 19.7 Å². The van der Waals surface area contributed by atoms with Gasteiger partial charge in [-0.05, 0) is 12.1 Å². The minimum atomic E-state index is -1.12. The van der Waals surface area contributed by atoms with Crippen LogP contribution in [-0.2, 0) is 4.79 Å². The van der Waals surface area contributed by atoms with Crippen molar-refractivity contribution in [2.45, 2.75) is 12.1 Å². The largest absolute Gasteiger partial charge is 0.480 e. The number of nitrogens with one attached hydrogen (secondary N) is 1. The molecule has 1 heterocycles. The zero-order valence-electron chi connectivity index (χ0n) is 10.3. The Bertz CT molecular complexity index is 463. The first-order valence-electron chi connectivity index (χ1n) is 6.08. The molecule has 0 bridgehead atoms. The van der Waals surface area contributed by atoms with Crippen molar-refractivity contribution < 1.29 is 19.8 Å². The lowest BCUT2D eigenvalue weighted by Gasteiger charge is -2.38. The van der Waals surface area contributed by atoms with Gasteiger partial charge in [0, 0.05) is 18.7 Å². The van der Waals surface area contributed by atoms with Crippen molar-refractivity contribution in [3.63, 3.8) is 0 Å². The predicted octanol–water partition coefficient (Wildman–Crippen LogP) is -0.454. The van der Waals surface area contributed by atoms with Crippen LogP contribution in [0.4, 0.5) is 0 Å². The quantitative estimate of drug-likeness (QED) is 0.688. The number of aliphatic carboxylic acids is 1. The molecule has 1 saturated heterocycles. The van der Waals surface area contributed by atoms with Crippen LogP contribution in [-0.4, -0.2) is 58.8 Å². The highest BCUT2D eigenvalue weighted by Gasteiger charge is 2.39. The zero-order chi connectivity index (χ0) is 13.8. The van der Waals surface area contributed by atoms with Crippen LogP contribution < -0.4 is 5.32 Å². The van der Waals surface area contributed by atoms with Gasteiger partial charge >= 0.3 is 5.97 Å². The molecular formula is C13H16N2O4. The highest BCUT2D eigenvalue weighted by Crippen LogP contribution is 2.14. The van der Waals surface area contributed by atoms with Crippen molar-refractivity contribution >= 4 is 11.9 Å². The maximum atomic E-state index is 12.3. The van der Waals surface area contributed by atoms with Crippen molar-refractivity contribution in [3.05, 3.63) is 35.9 Å².